The van der Waals surface area contributed by atoms with Crippen molar-refractivity contribution in [3.8, 4) is 0 Å². The first-order chi connectivity index (χ1) is 14.0. The van der Waals surface area contributed by atoms with Gasteiger partial charge in [-0.2, -0.15) is 0 Å². The van der Waals surface area contributed by atoms with E-state index in [1.165, 1.54) is 31.6 Å². The summed E-state index contributed by atoms with van der Waals surface area (Å²) in [6.45, 7) is 4.72. The van der Waals surface area contributed by atoms with Crippen LogP contribution in [-0.2, 0) is 22.4 Å². The number of anilines is 1. The van der Waals surface area contributed by atoms with Crippen LogP contribution in [0.2, 0.25) is 0 Å². The molecule has 0 saturated carbocycles. The second-order valence-electron chi connectivity index (χ2n) is 6.72. The van der Waals surface area contributed by atoms with Gasteiger partial charge in [-0.15, -0.1) is 11.3 Å². The largest absolute Gasteiger partial charge is 0.465 e. The standard InChI is InChI=1S/C21H24N2O5S/c1-4-10-23-11-9-15-16(12-23)29-19(17(15)21(26)28-3)22-18(24)13-7-5-6-8-14(13)20(25)27-2/h5-8H,4,9-12H2,1-3H3,(H,22,24). The zero-order chi connectivity index (χ0) is 21.0. The van der Waals surface area contributed by atoms with Crippen molar-refractivity contribution in [1.82, 2.24) is 4.90 Å². The lowest BCUT2D eigenvalue weighted by molar-refractivity contribution is 0.0589. The van der Waals surface area contributed by atoms with E-state index in [1.54, 1.807) is 18.2 Å². The molecular weight excluding hydrogens is 392 g/mol. The molecule has 7 nitrogen and oxygen atoms in total. The van der Waals surface area contributed by atoms with Gasteiger partial charge >= 0.3 is 11.9 Å². The van der Waals surface area contributed by atoms with Crippen molar-refractivity contribution in [2.45, 2.75) is 26.3 Å². The molecule has 0 aliphatic carbocycles. The fourth-order valence-electron chi connectivity index (χ4n) is 3.51. The van der Waals surface area contributed by atoms with Gasteiger partial charge in [0.1, 0.15) is 5.00 Å². The molecule has 0 spiro atoms. The molecule has 1 aromatic carbocycles. The first-order valence-electron chi connectivity index (χ1n) is 9.44. The number of nitrogens with one attached hydrogen (secondary N) is 1. The van der Waals surface area contributed by atoms with Crippen molar-refractivity contribution in [1.29, 1.82) is 0 Å². The molecule has 1 aliphatic rings. The molecule has 1 aromatic heterocycles. The average molecular weight is 416 g/mol. The Morgan fingerprint density at radius 3 is 2.45 bits per heavy atom. The summed E-state index contributed by atoms with van der Waals surface area (Å²) >= 11 is 1.39. The highest BCUT2D eigenvalue weighted by molar-refractivity contribution is 7.17. The van der Waals surface area contributed by atoms with Crippen LogP contribution < -0.4 is 5.32 Å². The predicted molar refractivity (Wildman–Crippen MR) is 111 cm³/mol. The Hall–Kier alpha value is -2.71. The quantitative estimate of drug-likeness (QED) is 0.727. The van der Waals surface area contributed by atoms with E-state index < -0.39 is 17.8 Å². The van der Waals surface area contributed by atoms with Crippen LogP contribution in [-0.4, -0.2) is 50.1 Å². The van der Waals surface area contributed by atoms with Gasteiger partial charge in [0.05, 0.1) is 30.9 Å². The van der Waals surface area contributed by atoms with Crippen LogP contribution in [0.3, 0.4) is 0 Å². The Balaban J connectivity index is 1.94. The number of hydrogen-bond donors (Lipinski definition) is 1. The predicted octanol–water partition coefficient (Wildman–Crippen LogP) is 3.34. The zero-order valence-corrected chi connectivity index (χ0v) is 17.6. The van der Waals surface area contributed by atoms with Crippen molar-refractivity contribution >= 4 is 34.2 Å². The van der Waals surface area contributed by atoms with Gasteiger partial charge in [0.25, 0.3) is 5.91 Å². The molecule has 1 aliphatic heterocycles. The van der Waals surface area contributed by atoms with Crippen molar-refractivity contribution in [3.05, 3.63) is 51.4 Å². The highest BCUT2D eigenvalue weighted by atomic mass is 32.1. The first kappa shape index (κ1) is 21.0. The average Bonchev–Trinajstić information content (AvgIpc) is 3.09. The number of nitrogens with zero attached hydrogens (tertiary/aromatic N) is 1. The number of carbonyl (C=O) groups excluding carboxylic acids is 3. The molecule has 0 radical (unpaired) electrons. The van der Waals surface area contributed by atoms with Gasteiger partial charge < -0.3 is 14.8 Å². The summed E-state index contributed by atoms with van der Waals surface area (Å²) in [5.41, 5.74) is 1.70. The molecule has 154 valence electrons. The van der Waals surface area contributed by atoms with Crippen molar-refractivity contribution in [2.24, 2.45) is 0 Å². The molecule has 1 N–H and O–H groups in total. The van der Waals surface area contributed by atoms with Gasteiger partial charge in [0.2, 0.25) is 0 Å². The summed E-state index contributed by atoms with van der Waals surface area (Å²) in [5.74, 6) is -1.53. The number of methoxy groups -OCH3 is 2. The summed E-state index contributed by atoms with van der Waals surface area (Å²) in [5, 5.41) is 3.27. The van der Waals surface area contributed by atoms with Crippen molar-refractivity contribution < 1.29 is 23.9 Å². The Bertz CT molecular complexity index is 937. The lowest BCUT2D eigenvalue weighted by Gasteiger charge is -2.26. The molecule has 2 aromatic rings. The number of benzene rings is 1. The number of carbonyl (C=O) groups is 3. The van der Waals surface area contributed by atoms with Crippen LogP contribution in [0, 0.1) is 0 Å². The number of esters is 2. The minimum absolute atomic E-state index is 0.169. The number of amides is 1. The van der Waals surface area contributed by atoms with E-state index in [0.717, 1.165) is 42.9 Å². The van der Waals surface area contributed by atoms with Gasteiger partial charge in [-0.3, -0.25) is 9.69 Å². The topological polar surface area (TPSA) is 84.9 Å². The van der Waals surface area contributed by atoms with Crippen LogP contribution >= 0.6 is 11.3 Å². The fourth-order valence-corrected chi connectivity index (χ4v) is 4.78. The molecular formula is C21H24N2O5S. The minimum Gasteiger partial charge on any atom is -0.465 e. The maximum atomic E-state index is 12.9. The monoisotopic (exact) mass is 416 g/mol. The Morgan fingerprint density at radius 1 is 1.10 bits per heavy atom. The molecule has 1 amide bonds. The van der Waals surface area contributed by atoms with Crippen molar-refractivity contribution in [2.75, 3.05) is 32.6 Å². The first-order valence-corrected chi connectivity index (χ1v) is 10.3. The molecule has 29 heavy (non-hydrogen) atoms. The van der Waals surface area contributed by atoms with E-state index in [4.69, 9.17) is 9.47 Å². The van der Waals surface area contributed by atoms with E-state index in [-0.39, 0.29) is 11.1 Å². The fraction of sp³-hybridized carbons (Fsp3) is 0.381. The van der Waals surface area contributed by atoms with Gasteiger partial charge in [-0.1, -0.05) is 19.1 Å². The number of fused-ring (bicyclic) bond motifs is 1. The molecule has 0 fully saturated rings. The third-order valence-corrected chi connectivity index (χ3v) is 6.00. The maximum absolute atomic E-state index is 12.9. The molecule has 2 heterocycles. The SMILES string of the molecule is CCCN1CCc2c(sc(NC(=O)c3ccccc3C(=O)OC)c2C(=O)OC)C1. The Labute approximate surface area is 173 Å². The third-order valence-electron chi connectivity index (χ3n) is 4.87. The number of ether oxygens (including phenoxy) is 2. The molecule has 0 unspecified atom stereocenters. The summed E-state index contributed by atoms with van der Waals surface area (Å²) in [6.07, 6.45) is 1.78. The van der Waals surface area contributed by atoms with Crippen LogP contribution in [0.1, 0.15) is 54.9 Å². The van der Waals surface area contributed by atoms with E-state index in [0.29, 0.717) is 10.6 Å². The van der Waals surface area contributed by atoms with Gasteiger partial charge in [0.15, 0.2) is 0 Å². The van der Waals surface area contributed by atoms with Crippen LogP contribution in [0.15, 0.2) is 24.3 Å². The minimum atomic E-state index is -0.593. The van der Waals surface area contributed by atoms with Gasteiger partial charge in [-0.05, 0) is 37.1 Å². The van der Waals surface area contributed by atoms with Crippen LogP contribution in [0.25, 0.3) is 0 Å². The normalized spacial score (nSPS) is 13.5. The van der Waals surface area contributed by atoms with E-state index in [1.807, 2.05) is 0 Å². The second-order valence-corrected chi connectivity index (χ2v) is 7.82. The lowest BCUT2D eigenvalue weighted by Crippen LogP contribution is -2.30. The van der Waals surface area contributed by atoms with Crippen LogP contribution in [0.5, 0.6) is 0 Å². The zero-order valence-electron chi connectivity index (χ0n) is 16.7. The summed E-state index contributed by atoms with van der Waals surface area (Å²) in [6, 6.07) is 6.42. The van der Waals surface area contributed by atoms with Gasteiger partial charge in [-0.25, -0.2) is 9.59 Å². The highest BCUT2D eigenvalue weighted by Gasteiger charge is 2.29. The Kier molecular flexibility index (Phi) is 6.66. The number of hydrogen-bond acceptors (Lipinski definition) is 7. The summed E-state index contributed by atoms with van der Waals surface area (Å²) < 4.78 is 9.73. The van der Waals surface area contributed by atoms with Crippen molar-refractivity contribution in [3.63, 3.8) is 0 Å². The maximum Gasteiger partial charge on any atom is 0.341 e. The summed E-state index contributed by atoms with van der Waals surface area (Å²) in [7, 11) is 2.60. The molecule has 0 atom stereocenters. The molecule has 0 saturated heterocycles. The second kappa shape index (κ2) is 9.19. The molecule has 3 rings (SSSR count). The van der Waals surface area contributed by atoms with E-state index in [2.05, 4.69) is 17.1 Å². The smallest absolute Gasteiger partial charge is 0.341 e. The summed E-state index contributed by atoms with van der Waals surface area (Å²) in [4.78, 5) is 40.8. The molecule has 8 heteroatoms. The third kappa shape index (κ3) is 4.33. The Morgan fingerprint density at radius 2 is 1.79 bits per heavy atom. The molecule has 0 bridgehead atoms. The van der Waals surface area contributed by atoms with Gasteiger partial charge in [0, 0.05) is 18.0 Å². The van der Waals surface area contributed by atoms with E-state index >= 15 is 0 Å². The van der Waals surface area contributed by atoms with E-state index in [9.17, 15) is 14.4 Å². The number of thiophene rings is 1. The lowest BCUT2D eigenvalue weighted by atomic mass is 10.0. The number of rotatable bonds is 6. The van der Waals surface area contributed by atoms with Crippen LogP contribution in [0.4, 0.5) is 5.00 Å². The highest BCUT2D eigenvalue weighted by Crippen LogP contribution is 2.38.